The molecule has 0 amide bonds. The largest absolute Gasteiger partial charge is 0.314 e. The zero-order chi connectivity index (χ0) is 10.7. The Balaban J connectivity index is 1.86. The number of likely N-dealkylation sites (N-methyl/N-ethyl adjacent to an activating group) is 1. The van der Waals surface area contributed by atoms with E-state index < -0.39 is 0 Å². The van der Waals surface area contributed by atoms with E-state index in [4.69, 9.17) is 0 Å². The van der Waals surface area contributed by atoms with Gasteiger partial charge in [0, 0.05) is 24.5 Å². The first-order valence-corrected chi connectivity index (χ1v) is 6.51. The Morgan fingerprint density at radius 3 is 3.00 bits per heavy atom. The number of hydrogen-bond acceptors (Lipinski definition) is 4. The summed E-state index contributed by atoms with van der Waals surface area (Å²) in [6.07, 6.45) is 2.30. The summed E-state index contributed by atoms with van der Waals surface area (Å²) in [4.78, 5) is 7.03. The molecule has 4 heteroatoms. The fourth-order valence-electron chi connectivity index (χ4n) is 1.72. The van der Waals surface area contributed by atoms with Crippen LogP contribution in [-0.2, 0) is 13.0 Å². The highest BCUT2D eigenvalue weighted by Crippen LogP contribution is 2.15. The van der Waals surface area contributed by atoms with Crippen molar-refractivity contribution < 1.29 is 0 Å². The Labute approximate surface area is 95.5 Å². The van der Waals surface area contributed by atoms with E-state index in [0.29, 0.717) is 6.04 Å². The van der Waals surface area contributed by atoms with Crippen molar-refractivity contribution in [2.24, 2.45) is 0 Å². The Kier molecular flexibility index (Phi) is 3.72. The smallest absolute Gasteiger partial charge is 0.107 e. The molecule has 1 saturated heterocycles. The highest BCUT2D eigenvalue weighted by molar-refractivity contribution is 7.09. The van der Waals surface area contributed by atoms with Crippen molar-refractivity contribution in [2.75, 3.05) is 20.1 Å². The molecule has 0 radical (unpaired) electrons. The fourth-order valence-corrected chi connectivity index (χ4v) is 2.61. The first-order valence-electron chi connectivity index (χ1n) is 5.64. The van der Waals surface area contributed by atoms with Gasteiger partial charge in [0.25, 0.3) is 0 Å². The molecule has 2 rings (SSSR count). The first-order chi connectivity index (χ1) is 7.29. The molecule has 1 aliphatic heterocycles. The Hall–Kier alpha value is -0.450. The highest BCUT2D eigenvalue weighted by Gasteiger charge is 2.21. The second kappa shape index (κ2) is 5.05. The van der Waals surface area contributed by atoms with E-state index in [-0.39, 0.29) is 0 Å². The van der Waals surface area contributed by atoms with Crippen LogP contribution in [0.4, 0.5) is 0 Å². The average molecular weight is 225 g/mol. The summed E-state index contributed by atoms with van der Waals surface area (Å²) in [5.74, 6) is 0. The molecule has 0 bridgehead atoms. The van der Waals surface area contributed by atoms with Gasteiger partial charge in [0.05, 0.1) is 12.2 Å². The number of thiazole rings is 1. The maximum absolute atomic E-state index is 4.64. The molecule has 0 aromatic carbocycles. The normalized spacial score (nSPS) is 17.0. The van der Waals surface area contributed by atoms with E-state index in [1.54, 1.807) is 11.3 Å². The predicted octanol–water partition coefficient (Wildman–Crippen LogP) is 1.50. The molecule has 1 aliphatic rings. The molecular weight excluding hydrogens is 206 g/mol. The van der Waals surface area contributed by atoms with Crippen LogP contribution < -0.4 is 5.32 Å². The minimum absolute atomic E-state index is 0.712. The minimum Gasteiger partial charge on any atom is -0.314 e. The van der Waals surface area contributed by atoms with Crippen LogP contribution in [0.1, 0.15) is 24.0 Å². The summed E-state index contributed by atoms with van der Waals surface area (Å²) in [6, 6.07) is 0.712. The van der Waals surface area contributed by atoms with Crippen LogP contribution in [0, 0.1) is 0 Å². The number of nitrogens with one attached hydrogen (secondary N) is 1. The SMILES string of the molecule is CCCc1csc(CN(C)C2CNC2)n1. The van der Waals surface area contributed by atoms with Crippen molar-refractivity contribution in [3.63, 3.8) is 0 Å². The van der Waals surface area contributed by atoms with Crippen molar-refractivity contribution in [2.45, 2.75) is 32.4 Å². The van der Waals surface area contributed by atoms with Gasteiger partial charge in [0.2, 0.25) is 0 Å². The monoisotopic (exact) mass is 225 g/mol. The number of nitrogens with zero attached hydrogens (tertiary/aromatic N) is 2. The maximum Gasteiger partial charge on any atom is 0.107 e. The van der Waals surface area contributed by atoms with Gasteiger partial charge in [-0.25, -0.2) is 4.98 Å². The third-order valence-electron chi connectivity index (χ3n) is 2.87. The number of hydrogen-bond donors (Lipinski definition) is 1. The van der Waals surface area contributed by atoms with Gasteiger partial charge in [-0.1, -0.05) is 13.3 Å². The van der Waals surface area contributed by atoms with Gasteiger partial charge in [-0.15, -0.1) is 11.3 Å². The van der Waals surface area contributed by atoms with Crippen molar-refractivity contribution in [1.82, 2.24) is 15.2 Å². The van der Waals surface area contributed by atoms with Crippen LogP contribution in [0.2, 0.25) is 0 Å². The Morgan fingerprint density at radius 1 is 1.60 bits per heavy atom. The molecule has 2 heterocycles. The molecule has 0 atom stereocenters. The third-order valence-corrected chi connectivity index (χ3v) is 3.76. The molecule has 3 nitrogen and oxygen atoms in total. The lowest BCUT2D eigenvalue weighted by Crippen LogP contribution is -2.55. The highest BCUT2D eigenvalue weighted by atomic mass is 32.1. The van der Waals surface area contributed by atoms with Crippen LogP contribution in [0.25, 0.3) is 0 Å². The standard InChI is InChI=1S/C11H19N3S/c1-3-4-9-8-15-11(13-9)7-14(2)10-5-12-6-10/h8,10,12H,3-7H2,1-2H3. The van der Waals surface area contributed by atoms with Crippen molar-refractivity contribution >= 4 is 11.3 Å². The van der Waals surface area contributed by atoms with Gasteiger partial charge < -0.3 is 5.32 Å². The topological polar surface area (TPSA) is 28.2 Å². The molecule has 1 N–H and O–H groups in total. The van der Waals surface area contributed by atoms with E-state index in [0.717, 1.165) is 26.1 Å². The Bertz CT molecular complexity index is 307. The van der Waals surface area contributed by atoms with E-state index in [9.17, 15) is 0 Å². The molecule has 0 spiro atoms. The van der Waals surface area contributed by atoms with E-state index in [1.807, 2.05) is 0 Å². The summed E-state index contributed by atoms with van der Waals surface area (Å²) in [5.41, 5.74) is 1.26. The van der Waals surface area contributed by atoms with Gasteiger partial charge in [-0.05, 0) is 13.5 Å². The lowest BCUT2D eigenvalue weighted by atomic mass is 10.1. The third kappa shape index (κ3) is 2.77. The number of aryl methyl sites for hydroxylation is 1. The zero-order valence-corrected chi connectivity index (χ0v) is 10.3. The first kappa shape index (κ1) is 11.0. The minimum atomic E-state index is 0.712. The molecule has 0 unspecified atom stereocenters. The molecule has 84 valence electrons. The van der Waals surface area contributed by atoms with Crippen LogP contribution in [0.3, 0.4) is 0 Å². The number of rotatable bonds is 5. The van der Waals surface area contributed by atoms with Crippen LogP contribution in [0.15, 0.2) is 5.38 Å². The van der Waals surface area contributed by atoms with Crippen LogP contribution in [0.5, 0.6) is 0 Å². The molecular formula is C11H19N3S. The van der Waals surface area contributed by atoms with Crippen LogP contribution >= 0.6 is 11.3 Å². The van der Waals surface area contributed by atoms with E-state index >= 15 is 0 Å². The Morgan fingerprint density at radius 2 is 2.40 bits per heavy atom. The second-order valence-corrected chi connectivity index (χ2v) is 5.15. The second-order valence-electron chi connectivity index (χ2n) is 4.21. The predicted molar refractivity (Wildman–Crippen MR) is 64.2 cm³/mol. The quantitative estimate of drug-likeness (QED) is 0.823. The zero-order valence-electron chi connectivity index (χ0n) is 9.49. The summed E-state index contributed by atoms with van der Waals surface area (Å²) in [7, 11) is 2.19. The van der Waals surface area contributed by atoms with Gasteiger partial charge in [0.1, 0.15) is 5.01 Å². The molecule has 0 aliphatic carbocycles. The van der Waals surface area contributed by atoms with Gasteiger partial charge in [-0.2, -0.15) is 0 Å². The van der Waals surface area contributed by atoms with Gasteiger partial charge in [-0.3, -0.25) is 4.90 Å². The maximum atomic E-state index is 4.64. The van der Waals surface area contributed by atoms with Crippen molar-refractivity contribution in [3.05, 3.63) is 16.1 Å². The van der Waals surface area contributed by atoms with Crippen molar-refractivity contribution in [3.8, 4) is 0 Å². The van der Waals surface area contributed by atoms with E-state index in [1.165, 1.54) is 17.1 Å². The lowest BCUT2D eigenvalue weighted by molar-refractivity contribution is 0.173. The van der Waals surface area contributed by atoms with E-state index in [2.05, 4.69) is 34.6 Å². The molecule has 1 aromatic heterocycles. The fraction of sp³-hybridized carbons (Fsp3) is 0.727. The summed E-state index contributed by atoms with van der Waals surface area (Å²) in [5, 5.41) is 6.75. The summed E-state index contributed by atoms with van der Waals surface area (Å²) < 4.78 is 0. The molecule has 0 saturated carbocycles. The average Bonchev–Trinajstić information content (AvgIpc) is 2.49. The lowest BCUT2D eigenvalue weighted by Gasteiger charge is -2.35. The molecule has 1 fully saturated rings. The summed E-state index contributed by atoms with van der Waals surface area (Å²) in [6.45, 7) is 5.46. The molecule has 15 heavy (non-hydrogen) atoms. The van der Waals surface area contributed by atoms with Crippen LogP contribution in [-0.4, -0.2) is 36.1 Å². The van der Waals surface area contributed by atoms with Gasteiger partial charge >= 0.3 is 0 Å². The van der Waals surface area contributed by atoms with Crippen molar-refractivity contribution in [1.29, 1.82) is 0 Å². The number of aromatic nitrogens is 1. The molecule has 1 aromatic rings. The summed E-state index contributed by atoms with van der Waals surface area (Å²) >= 11 is 1.80. The van der Waals surface area contributed by atoms with Gasteiger partial charge in [0.15, 0.2) is 0 Å².